The highest BCUT2D eigenvalue weighted by atomic mass is 32.3. The summed E-state index contributed by atoms with van der Waals surface area (Å²) in [5.41, 5.74) is 0. The lowest BCUT2D eigenvalue weighted by Gasteiger charge is -2.06. The Morgan fingerprint density at radius 2 is 1.78 bits per heavy atom. The number of rotatable bonds is 3. The van der Waals surface area contributed by atoms with Gasteiger partial charge in [-0.05, 0) is 53.2 Å². The van der Waals surface area contributed by atoms with Crippen LogP contribution >= 0.6 is 0 Å². The molecule has 0 saturated heterocycles. The van der Waals surface area contributed by atoms with Crippen LogP contribution in [-0.2, 0) is 30.7 Å². The molecular formula is C13H12N2O5S3. The molecule has 0 fully saturated rings. The lowest BCUT2D eigenvalue weighted by molar-refractivity contribution is 0.414. The normalized spacial score (nSPS) is 19.0. The molecule has 0 bridgehead atoms. The van der Waals surface area contributed by atoms with Crippen molar-refractivity contribution in [3.05, 3.63) is 42.5 Å². The smallest absolute Gasteiger partial charge is 0.289 e. The quantitative estimate of drug-likeness (QED) is 0.871. The molecule has 1 aliphatic heterocycles. The first-order valence-electron chi connectivity index (χ1n) is 6.26. The zero-order chi connectivity index (χ0) is 16.8. The van der Waals surface area contributed by atoms with E-state index in [2.05, 4.69) is 3.77 Å². The molecule has 3 rings (SSSR count). The first-order valence-corrected chi connectivity index (χ1v) is 10.4. The molecule has 10 heteroatoms. The van der Waals surface area contributed by atoms with Crippen molar-refractivity contribution in [1.29, 1.82) is 0 Å². The summed E-state index contributed by atoms with van der Waals surface area (Å²) in [6.45, 7) is 0. The second-order valence-corrected chi connectivity index (χ2v) is 9.69. The van der Waals surface area contributed by atoms with Crippen molar-refractivity contribution in [2.75, 3.05) is 7.11 Å². The Bertz CT molecular complexity index is 1030. The summed E-state index contributed by atoms with van der Waals surface area (Å²) in [7, 11) is -7.35. The molecule has 1 unspecified atom stereocenters. The monoisotopic (exact) mass is 372 g/mol. The highest BCUT2D eigenvalue weighted by Crippen LogP contribution is 2.36. The van der Waals surface area contributed by atoms with Gasteiger partial charge in [-0.3, -0.25) is 0 Å². The van der Waals surface area contributed by atoms with Crippen molar-refractivity contribution in [3.8, 4) is 5.75 Å². The second-order valence-electron chi connectivity index (χ2n) is 4.66. The van der Waals surface area contributed by atoms with Crippen molar-refractivity contribution in [2.24, 2.45) is 8.91 Å². The van der Waals surface area contributed by atoms with Gasteiger partial charge in [-0.25, -0.2) is 13.6 Å². The van der Waals surface area contributed by atoms with Crippen LogP contribution in [0.5, 0.6) is 5.75 Å². The average Bonchev–Trinajstić information content (AvgIpc) is 2.78. The minimum Gasteiger partial charge on any atom is -0.497 e. The summed E-state index contributed by atoms with van der Waals surface area (Å²) >= 11 is 0. The Hall–Kier alpha value is -1.75. The average molecular weight is 372 g/mol. The van der Waals surface area contributed by atoms with Crippen LogP contribution < -0.4 is 9.88 Å². The third kappa shape index (κ3) is 2.90. The maximum Gasteiger partial charge on any atom is 0.289 e. The Kier molecular flexibility index (Phi) is 3.79. The van der Waals surface area contributed by atoms with Gasteiger partial charge in [0.2, 0.25) is 10.0 Å². The molecule has 0 amide bonds. The molecule has 23 heavy (non-hydrogen) atoms. The van der Waals surface area contributed by atoms with Gasteiger partial charge in [-0.2, -0.15) is 8.42 Å². The van der Waals surface area contributed by atoms with E-state index in [-0.39, 0.29) is 9.79 Å². The lowest BCUT2D eigenvalue weighted by Crippen LogP contribution is -2.12. The molecule has 1 aliphatic rings. The summed E-state index contributed by atoms with van der Waals surface area (Å²) in [5.74, 6) is 0.623. The van der Waals surface area contributed by atoms with Crippen LogP contribution in [0.2, 0.25) is 0 Å². The minimum atomic E-state index is -3.93. The van der Waals surface area contributed by atoms with Crippen LogP contribution in [-0.4, -0.2) is 23.9 Å². The van der Waals surface area contributed by atoms with E-state index in [0.717, 1.165) is 0 Å². The third-order valence-corrected chi connectivity index (χ3v) is 7.99. The standard InChI is InChI=1S/C13H12N2O5S3/c1-20-9-2-4-10(5-3-9)21-12-8-11(22(14,16)17)6-7-13(12)23(18,19)15-21/h2-8H,1H3,(H2,14,16,17). The fraction of sp³-hybridized carbons (Fsp3) is 0.0769. The topological polar surface area (TPSA) is 116 Å². The van der Waals surface area contributed by atoms with E-state index in [1.54, 1.807) is 24.3 Å². The van der Waals surface area contributed by atoms with E-state index >= 15 is 0 Å². The van der Waals surface area contributed by atoms with Crippen LogP contribution in [0.25, 0.3) is 0 Å². The van der Waals surface area contributed by atoms with Crippen LogP contribution in [0.15, 0.2) is 65.8 Å². The number of methoxy groups -OCH3 is 1. The van der Waals surface area contributed by atoms with Gasteiger partial charge in [0.15, 0.2) is 0 Å². The Balaban J connectivity index is 2.21. The van der Waals surface area contributed by atoms with Gasteiger partial charge in [0.1, 0.15) is 10.6 Å². The van der Waals surface area contributed by atoms with Gasteiger partial charge in [-0.15, -0.1) is 3.77 Å². The van der Waals surface area contributed by atoms with Crippen molar-refractivity contribution in [2.45, 2.75) is 19.6 Å². The fourth-order valence-electron chi connectivity index (χ4n) is 2.08. The van der Waals surface area contributed by atoms with Crippen LogP contribution in [0.4, 0.5) is 0 Å². The van der Waals surface area contributed by atoms with Crippen molar-refractivity contribution < 1.29 is 21.6 Å². The molecule has 0 spiro atoms. The van der Waals surface area contributed by atoms with Gasteiger partial charge in [-0.1, -0.05) is 0 Å². The van der Waals surface area contributed by atoms with E-state index < -0.39 is 30.7 Å². The Morgan fingerprint density at radius 3 is 2.35 bits per heavy atom. The number of nitrogens with zero attached hydrogens (tertiary/aromatic N) is 1. The van der Waals surface area contributed by atoms with E-state index in [0.29, 0.717) is 15.5 Å². The number of hydrogen-bond acceptors (Lipinski definition) is 5. The maximum absolute atomic E-state index is 12.2. The van der Waals surface area contributed by atoms with E-state index in [1.165, 1.54) is 25.3 Å². The zero-order valence-corrected chi connectivity index (χ0v) is 14.3. The largest absolute Gasteiger partial charge is 0.497 e. The van der Waals surface area contributed by atoms with Crippen LogP contribution in [0.3, 0.4) is 0 Å². The van der Waals surface area contributed by atoms with Gasteiger partial charge in [0, 0.05) is 9.79 Å². The van der Waals surface area contributed by atoms with Gasteiger partial charge in [0.05, 0.1) is 12.0 Å². The van der Waals surface area contributed by atoms with Gasteiger partial charge in [0.25, 0.3) is 10.0 Å². The molecule has 0 radical (unpaired) electrons. The summed E-state index contributed by atoms with van der Waals surface area (Å²) < 4.78 is 56.2. The van der Waals surface area contributed by atoms with E-state index in [1.807, 2.05) is 0 Å². The SMILES string of the molecule is COc1ccc(S2=NS(=O)(=O)c3ccc(S(N)(=O)=O)cc32)cc1. The van der Waals surface area contributed by atoms with Crippen molar-refractivity contribution in [3.63, 3.8) is 0 Å². The summed E-state index contributed by atoms with van der Waals surface area (Å²) in [4.78, 5) is 0.819. The Morgan fingerprint density at radius 1 is 1.13 bits per heavy atom. The van der Waals surface area contributed by atoms with Gasteiger partial charge < -0.3 is 4.74 Å². The van der Waals surface area contributed by atoms with E-state index in [4.69, 9.17) is 9.88 Å². The van der Waals surface area contributed by atoms with E-state index in [9.17, 15) is 16.8 Å². The molecule has 2 aromatic carbocycles. The molecule has 0 aromatic heterocycles. The zero-order valence-electron chi connectivity index (χ0n) is 11.8. The number of primary sulfonamides is 1. The van der Waals surface area contributed by atoms with Crippen molar-refractivity contribution in [1.82, 2.24) is 0 Å². The number of nitrogens with two attached hydrogens (primary N) is 1. The lowest BCUT2D eigenvalue weighted by atomic mass is 10.3. The number of benzene rings is 2. The van der Waals surface area contributed by atoms with Crippen molar-refractivity contribution >= 4 is 30.7 Å². The fourth-order valence-corrected chi connectivity index (χ4v) is 6.72. The predicted octanol–water partition coefficient (Wildman–Crippen LogP) is 1.26. The molecule has 1 atom stereocenters. The first kappa shape index (κ1) is 16.1. The Labute approximate surface area is 136 Å². The molecule has 7 nitrogen and oxygen atoms in total. The molecule has 2 aromatic rings. The van der Waals surface area contributed by atoms with Gasteiger partial charge >= 0.3 is 0 Å². The molecule has 0 saturated carbocycles. The predicted molar refractivity (Wildman–Crippen MR) is 84.3 cm³/mol. The van der Waals surface area contributed by atoms with Crippen LogP contribution in [0.1, 0.15) is 0 Å². The molecule has 122 valence electrons. The highest BCUT2D eigenvalue weighted by Gasteiger charge is 2.30. The van der Waals surface area contributed by atoms with Crippen LogP contribution in [0, 0.1) is 0 Å². The minimum absolute atomic E-state index is 0.00375. The highest BCUT2D eigenvalue weighted by molar-refractivity contribution is 8.03. The maximum atomic E-state index is 12.2. The number of sulfonamides is 2. The number of hydrogen-bond donors (Lipinski definition) is 1. The molecule has 0 aliphatic carbocycles. The third-order valence-electron chi connectivity index (χ3n) is 3.19. The summed E-state index contributed by atoms with van der Waals surface area (Å²) in [6, 6.07) is 10.4. The second kappa shape index (κ2) is 5.41. The molecular weight excluding hydrogens is 360 g/mol. The summed E-state index contributed by atoms with van der Waals surface area (Å²) in [5, 5.41) is 5.12. The summed E-state index contributed by atoms with van der Waals surface area (Å²) in [6.07, 6.45) is 0. The number of ether oxygens (including phenoxy) is 1. The first-order chi connectivity index (χ1) is 10.7. The molecule has 2 N–H and O–H groups in total. The molecule has 1 heterocycles. The number of fused-ring (bicyclic) bond motifs is 1.